The third-order valence-electron chi connectivity index (χ3n) is 4.71. The maximum Gasteiger partial charge on any atom is 0.343 e. The van der Waals surface area contributed by atoms with Crippen LogP contribution in [0.25, 0.3) is 17.2 Å². The number of amides is 1. The molecule has 1 amide bonds. The molecule has 166 valence electrons. The van der Waals surface area contributed by atoms with Gasteiger partial charge in [0.2, 0.25) is 0 Å². The van der Waals surface area contributed by atoms with Gasteiger partial charge >= 0.3 is 5.97 Å². The number of ether oxygens (including phenoxy) is 2. The summed E-state index contributed by atoms with van der Waals surface area (Å²) in [6.45, 7) is 3.63. The molecule has 3 aromatic rings. The van der Waals surface area contributed by atoms with E-state index >= 15 is 0 Å². The third-order valence-corrected chi connectivity index (χ3v) is 4.71. The number of nitrogens with one attached hydrogen (secondary N) is 1. The summed E-state index contributed by atoms with van der Waals surface area (Å²) in [4.78, 5) is 24.8. The lowest BCUT2D eigenvalue weighted by atomic mass is 10.0. The second-order valence-electron chi connectivity index (χ2n) is 7.54. The van der Waals surface area contributed by atoms with Crippen LogP contribution in [0, 0.1) is 11.3 Å². The van der Waals surface area contributed by atoms with E-state index < -0.39 is 11.9 Å². The van der Waals surface area contributed by atoms with E-state index in [1.165, 1.54) is 13.2 Å². The lowest BCUT2D eigenvalue weighted by molar-refractivity contribution is -0.117. The van der Waals surface area contributed by atoms with Gasteiger partial charge in [0.1, 0.15) is 11.6 Å². The Bertz CT molecular complexity index is 1210. The van der Waals surface area contributed by atoms with E-state index in [2.05, 4.69) is 5.32 Å². The zero-order valence-electron chi connectivity index (χ0n) is 18.7. The van der Waals surface area contributed by atoms with Gasteiger partial charge in [-0.25, -0.2) is 4.79 Å². The molecule has 0 saturated heterocycles. The molecule has 0 aliphatic rings. The fourth-order valence-corrected chi connectivity index (χ4v) is 3.10. The molecule has 0 radical (unpaired) electrons. The average molecular weight is 440 g/mol. The summed E-state index contributed by atoms with van der Waals surface area (Å²) in [7, 11) is 1.45. The average Bonchev–Trinajstić information content (AvgIpc) is 2.83. The number of hydrogen-bond donors (Lipinski definition) is 1. The summed E-state index contributed by atoms with van der Waals surface area (Å²) in [5, 5.41) is 12.0. The maximum atomic E-state index is 12.6. The van der Waals surface area contributed by atoms with Crippen LogP contribution in [-0.2, 0) is 4.79 Å². The first-order valence-electron chi connectivity index (χ1n) is 10.4. The van der Waals surface area contributed by atoms with Crippen LogP contribution in [0.15, 0.2) is 78.4 Å². The highest BCUT2D eigenvalue weighted by Crippen LogP contribution is 2.30. The fraction of sp³-hybridized carbons (Fsp3) is 0.148. The van der Waals surface area contributed by atoms with Gasteiger partial charge in [-0.3, -0.25) is 4.79 Å². The van der Waals surface area contributed by atoms with Gasteiger partial charge in [0.05, 0.1) is 12.7 Å². The third kappa shape index (κ3) is 6.08. The Morgan fingerprint density at radius 1 is 0.939 bits per heavy atom. The van der Waals surface area contributed by atoms with Gasteiger partial charge in [-0.05, 0) is 60.9 Å². The Hall–Kier alpha value is -4.37. The van der Waals surface area contributed by atoms with Crippen molar-refractivity contribution in [2.75, 3.05) is 7.11 Å². The molecule has 3 rings (SSSR count). The molecule has 0 bridgehead atoms. The number of carbonyl (C=O) groups is 2. The van der Waals surface area contributed by atoms with E-state index in [1.54, 1.807) is 30.3 Å². The van der Waals surface area contributed by atoms with E-state index in [9.17, 15) is 14.9 Å². The molecule has 0 heterocycles. The Morgan fingerprint density at radius 3 is 2.21 bits per heavy atom. The zero-order chi connectivity index (χ0) is 23.8. The summed E-state index contributed by atoms with van der Waals surface area (Å²) < 4.78 is 10.9. The van der Waals surface area contributed by atoms with Crippen molar-refractivity contribution in [1.82, 2.24) is 5.32 Å². The largest absolute Gasteiger partial charge is 0.493 e. The molecule has 33 heavy (non-hydrogen) atoms. The minimum Gasteiger partial charge on any atom is -0.493 e. The Morgan fingerprint density at radius 2 is 1.61 bits per heavy atom. The molecule has 1 N–H and O–H groups in total. The van der Waals surface area contributed by atoms with Gasteiger partial charge in [0.15, 0.2) is 11.5 Å². The smallest absolute Gasteiger partial charge is 0.343 e. The van der Waals surface area contributed by atoms with E-state index in [4.69, 9.17) is 9.47 Å². The van der Waals surface area contributed by atoms with Crippen molar-refractivity contribution < 1.29 is 19.1 Å². The van der Waals surface area contributed by atoms with Crippen LogP contribution >= 0.6 is 0 Å². The lowest BCUT2D eigenvalue weighted by Gasteiger charge is -2.11. The Kier molecular flexibility index (Phi) is 7.61. The zero-order valence-corrected chi connectivity index (χ0v) is 18.7. The molecule has 0 spiro atoms. The summed E-state index contributed by atoms with van der Waals surface area (Å²) in [5.74, 6) is -0.442. The number of benzene rings is 3. The number of methoxy groups -OCH3 is 1. The maximum absolute atomic E-state index is 12.6. The number of rotatable bonds is 7. The summed E-state index contributed by atoms with van der Waals surface area (Å²) in [5.41, 5.74) is 2.98. The quantitative estimate of drug-likeness (QED) is 0.241. The molecular formula is C27H24N2O4. The Balaban J connectivity index is 1.77. The highest BCUT2D eigenvalue weighted by Gasteiger charge is 2.15. The Labute approximate surface area is 193 Å². The van der Waals surface area contributed by atoms with Gasteiger partial charge in [-0.1, -0.05) is 48.5 Å². The first kappa shape index (κ1) is 23.3. The normalized spacial score (nSPS) is 10.9. The SMILES string of the molecule is COc1cc(/C=C(\C#N)C(=O)NC(C)C)ccc1OC(=O)c1ccc(-c2ccccc2)cc1. The molecule has 6 heteroatoms. The predicted molar refractivity (Wildman–Crippen MR) is 127 cm³/mol. The number of hydrogen-bond acceptors (Lipinski definition) is 5. The van der Waals surface area contributed by atoms with Gasteiger partial charge in [-0.2, -0.15) is 5.26 Å². The minimum atomic E-state index is -0.523. The highest BCUT2D eigenvalue weighted by atomic mass is 16.6. The topological polar surface area (TPSA) is 88.4 Å². The van der Waals surface area contributed by atoms with E-state index in [1.807, 2.05) is 62.4 Å². The highest BCUT2D eigenvalue weighted by molar-refractivity contribution is 6.01. The number of nitrogens with zero attached hydrogens (tertiary/aromatic N) is 1. The van der Waals surface area contributed by atoms with Crippen LogP contribution in [-0.4, -0.2) is 25.0 Å². The molecule has 0 saturated carbocycles. The molecule has 0 aliphatic carbocycles. The molecular weight excluding hydrogens is 416 g/mol. The second-order valence-corrected chi connectivity index (χ2v) is 7.54. The summed E-state index contributed by atoms with van der Waals surface area (Å²) in [6.07, 6.45) is 1.45. The first-order chi connectivity index (χ1) is 15.9. The molecule has 0 unspecified atom stereocenters. The summed E-state index contributed by atoms with van der Waals surface area (Å²) in [6, 6.07) is 23.6. The van der Waals surface area contributed by atoms with Crippen LogP contribution in [0.2, 0.25) is 0 Å². The van der Waals surface area contributed by atoms with Gasteiger partial charge in [-0.15, -0.1) is 0 Å². The van der Waals surface area contributed by atoms with Crippen LogP contribution in [0.1, 0.15) is 29.8 Å². The first-order valence-corrected chi connectivity index (χ1v) is 10.4. The van der Waals surface area contributed by atoms with Crippen molar-refractivity contribution >= 4 is 18.0 Å². The van der Waals surface area contributed by atoms with E-state index in [0.29, 0.717) is 16.9 Å². The van der Waals surface area contributed by atoms with Crippen molar-refractivity contribution in [3.8, 4) is 28.7 Å². The van der Waals surface area contributed by atoms with Crippen LogP contribution < -0.4 is 14.8 Å². The number of esters is 1. The summed E-state index contributed by atoms with van der Waals surface area (Å²) >= 11 is 0. The van der Waals surface area contributed by atoms with Gasteiger partial charge in [0, 0.05) is 6.04 Å². The van der Waals surface area contributed by atoms with Gasteiger partial charge < -0.3 is 14.8 Å². The molecule has 0 atom stereocenters. The molecule has 6 nitrogen and oxygen atoms in total. The van der Waals surface area contributed by atoms with Crippen molar-refractivity contribution in [2.45, 2.75) is 19.9 Å². The van der Waals surface area contributed by atoms with Crippen molar-refractivity contribution in [2.24, 2.45) is 0 Å². The molecule has 3 aromatic carbocycles. The number of nitriles is 1. The molecule has 0 aromatic heterocycles. The van der Waals surface area contributed by atoms with Crippen LogP contribution in [0.5, 0.6) is 11.5 Å². The van der Waals surface area contributed by atoms with Crippen molar-refractivity contribution in [1.29, 1.82) is 5.26 Å². The molecule has 0 fully saturated rings. The minimum absolute atomic E-state index is 0.0333. The predicted octanol–water partition coefficient (Wildman–Crippen LogP) is 5.01. The fourth-order valence-electron chi connectivity index (χ4n) is 3.10. The van der Waals surface area contributed by atoms with Gasteiger partial charge in [0.25, 0.3) is 5.91 Å². The van der Waals surface area contributed by atoms with Crippen molar-refractivity contribution in [3.63, 3.8) is 0 Å². The van der Waals surface area contributed by atoms with E-state index in [-0.39, 0.29) is 17.4 Å². The monoisotopic (exact) mass is 440 g/mol. The van der Waals surface area contributed by atoms with Crippen molar-refractivity contribution in [3.05, 3.63) is 89.5 Å². The standard InChI is InChI=1S/C27H24N2O4/c1-18(2)29-26(30)23(17-28)15-19-9-14-24(25(16-19)32-3)33-27(31)22-12-10-21(11-13-22)20-7-5-4-6-8-20/h4-16,18H,1-3H3,(H,29,30)/b23-15+. The second kappa shape index (κ2) is 10.8. The van der Waals surface area contributed by atoms with Crippen LogP contribution in [0.3, 0.4) is 0 Å². The number of carbonyl (C=O) groups excluding carboxylic acids is 2. The van der Waals surface area contributed by atoms with Crippen LogP contribution in [0.4, 0.5) is 0 Å². The lowest BCUT2D eigenvalue weighted by Crippen LogP contribution is -2.30. The molecule has 0 aliphatic heterocycles. The van der Waals surface area contributed by atoms with E-state index in [0.717, 1.165) is 11.1 Å².